The Morgan fingerprint density at radius 3 is 1.88 bits per heavy atom. The van der Waals surface area contributed by atoms with E-state index in [1.807, 2.05) is 7.11 Å². The third kappa shape index (κ3) is 5.39. The van der Waals surface area contributed by atoms with Gasteiger partial charge in [-0.2, -0.15) is 0 Å². The fourth-order valence-corrected chi connectivity index (χ4v) is 2.67. The average Bonchev–Trinajstić information content (AvgIpc) is 2.25. The van der Waals surface area contributed by atoms with E-state index in [0.29, 0.717) is 12.0 Å². The normalized spacial score (nSPS) is 16.2. The van der Waals surface area contributed by atoms with Gasteiger partial charge in [0, 0.05) is 13.2 Å². The molecule has 1 N–H and O–H groups in total. The molecule has 2 heteroatoms. The molecule has 0 aliphatic heterocycles. The Kier molecular flexibility index (Phi) is 8.06. The van der Waals surface area contributed by atoms with Gasteiger partial charge in [-0.15, -0.1) is 0 Å². The van der Waals surface area contributed by atoms with Gasteiger partial charge < -0.3 is 10.1 Å². The number of ether oxygens (including phenoxy) is 1. The largest absolute Gasteiger partial charge is 0.379 e. The molecule has 0 rings (SSSR count). The summed E-state index contributed by atoms with van der Waals surface area (Å²) >= 11 is 0. The Bertz CT molecular complexity index is 182. The molecule has 0 heterocycles. The van der Waals surface area contributed by atoms with Crippen LogP contribution >= 0.6 is 0 Å². The summed E-state index contributed by atoms with van der Waals surface area (Å²) in [4.78, 5) is 0. The first-order valence-corrected chi connectivity index (χ1v) is 7.18. The smallest absolute Gasteiger partial charge is 0.0775 e. The molecular formula is C15H33NO. The lowest BCUT2D eigenvalue weighted by molar-refractivity contribution is -0.0275. The summed E-state index contributed by atoms with van der Waals surface area (Å²) in [6, 6.07) is 0.468. The predicted octanol–water partition coefficient (Wildman–Crippen LogP) is 3.85. The number of hydrogen-bond donors (Lipinski definition) is 1. The molecule has 0 saturated carbocycles. The topological polar surface area (TPSA) is 21.3 Å². The van der Waals surface area contributed by atoms with Crippen molar-refractivity contribution in [3.05, 3.63) is 0 Å². The average molecular weight is 243 g/mol. The van der Waals surface area contributed by atoms with E-state index in [-0.39, 0.29) is 11.5 Å². The van der Waals surface area contributed by atoms with Crippen LogP contribution in [0.1, 0.15) is 60.8 Å². The van der Waals surface area contributed by atoms with E-state index >= 15 is 0 Å². The summed E-state index contributed by atoms with van der Waals surface area (Å²) < 4.78 is 5.80. The Morgan fingerprint density at radius 1 is 1.06 bits per heavy atom. The summed E-state index contributed by atoms with van der Waals surface area (Å²) in [5.74, 6) is 0.700. The zero-order valence-electron chi connectivity index (χ0n) is 13.0. The lowest BCUT2D eigenvalue weighted by atomic mass is 9.78. The standard InChI is InChI=1S/C15H33NO/c1-8-11-16-13(12(9-2)10-3)14(17-7)15(4,5)6/h12-14,16H,8-11H2,1-7H3. The molecular weight excluding hydrogens is 210 g/mol. The summed E-state index contributed by atoms with van der Waals surface area (Å²) in [6.07, 6.45) is 3.89. The Balaban J connectivity index is 4.85. The van der Waals surface area contributed by atoms with Crippen molar-refractivity contribution in [3.8, 4) is 0 Å². The molecule has 0 aromatic rings. The van der Waals surface area contributed by atoms with Crippen LogP contribution in [0.15, 0.2) is 0 Å². The summed E-state index contributed by atoms with van der Waals surface area (Å²) in [5, 5.41) is 3.70. The minimum Gasteiger partial charge on any atom is -0.379 e. The first kappa shape index (κ1) is 16.9. The van der Waals surface area contributed by atoms with Crippen molar-refractivity contribution < 1.29 is 4.74 Å². The summed E-state index contributed by atoms with van der Waals surface area (Å²) in [5.41, 5.74) is 0.183. The van der Waals surface area contributed by atoms with Crippen LogP contribution in [0, 0.1) is 11.3 Å². The number of hydrogen-bond acceptors (Lipinski definition) is 2. The molecule has 0 aliphatic carbocycles. The minimum absolute atomic E-state index is 0.183. The van der Waals surface area contributed by atoms with Gasteiger partial charge in [-0.25, -0.2) is 0 Å². The molecule has 104 valence electrons. The van der Waals surface area contributed by atoms with E-state index in [1.165, 1.54) is 19.3 Å². The molecule has 2 unspecified atom stereocenters. The van der Waals surface area contributed by atoms with Gasteiger partial charge in [0.2, 0.25) is 0 Å². The predicted molar refractivity (Wildman–Crippen MR) is 76.4 cm³/mol. The zero-order valence-corrected chi connectivity index (χ0v) is 13.0. The van der Waals surface area contributed by atoms with Crippen molar-refractivity contribution >= 4 is 0 Å². The maximum Gasteiger partial charge on any atom is 0.0775 e. The molecule has 0 aromatic carbocycles. The second-order valence-electron chi connectivity index (χ2n) is 6.08. The van der Waals surface area contributed by atoms with Gasteiger partial charge in [-0.3, -0.25) is 0 Å². The zero-order chi connectivity index (χ0) is 13.5. The maximum absolute atomic E-state index is 5.80. The molecule has 0 aromatic heterocycles. The van der Waals surface area contributed by atoms with E-state index in [4.69, 9.17) is 4.74 Å². The quantitative estimate of drug-likeness (QED) is 0.699. The first-order chi connectivity index (χ1) is 7.92. The maximum atomic E-state index is 5.80. The van der Waals surface area contributed by atoms with Crippen molar-refractivity contribution in [2.24, 2.45) is 11.3 Å². The van der Waals surface area contributed by atoms with E-state index < -0.39 is 0 Å². The molecule has 0 bridgehead atoms. The van der Waals surface area contributed by atoms with E-state index in [1.54, 1.807) is 0 Å². The highest BCUT2D eigenvalue weighted by Crippen LogP contribution is 2.30. The Labute approximate surface area is 109 Å². The van der Waals surface area contributed by atoms with E-state index in [2.05, 4.69) is 46.9 Å². The number of rotatable bonds is 8. The lowest BCUT2D eigenvalue weighted by Crippen LogP contribution is -2.51. The van der Waals surface area contributed by atoms with Gasteiger partial charge in [0.15, 0.2) is 0 Å². The summed E-state index contributed by atoms with van der Waals surface area (Å²) in [7, 11) is 1.85. The van der Waals surface area contributed by atoms with E-state index in [9.17, 15) is 0 Å². The molecule has 0 fully saturated rings. The van der Waals surface area contributed by atoms with E-state index in [0.717, 1.165) is 6.54 Å². The highest BCUT2D eigenvalue weighted by Gasteiger charge is 2.35. The van der Waals surface area contributed by atoms with Crippen LogP contribution in [0.2, 0.25) is 0 Å². The van der Waals surface area contributed by atoms with Crippen LogP contribution in [0.4, 0.5) is 0 Å². The van der Waals surface area contributed by atoms with Crippen molar-refractivity contribution in [2.75, 3.05) is 13.7 Å². The number of nitrogens with one attached hydrogen (secondary N) is 1. The van der Waals surface area contributed by atoms with Gasteiger partial charge in [0.25, 0.3) is 0 Å². The van der Waals surface area contributed by atoms with Crippen LogP contribution in [-0.4, -0.2) is 25.8 Å². The summed E-state index contributed by atoms with van der Waals surface area (Å²) in [6.45, 7) is 14.7. The van der Waals surface area contributed by atoms with Crippen molar-refractivity contribution in [1.29, 1.82) is 0 Å². The highest BCUT2D eigenvalue weighted by atomic mass is 16.5. The fraction of sp³-hybridized carbons (Fsp3) is 1.00. The van der Waals surface area contributed by atoms with Crippen LogP contribution in [-0.2, 0) is 4.74 Å². The molecule has 0 spiro atoms. The first-order valence-electron chi connectivity index (χ1n) is 7.18. The second-order valence-corrected chi connectivity index (χ2v) is 6.08. The molecule has 2 atom stereocenters. The van der Waals surface area contributed by atoms with Gasteiger partial charge in [-0.1, -0.05) is 54.4 Å². The van der Waals surface area contributed by atoms with Crippen LogP contribution in [0.25, 0.3) is 0 Å². The van der Waals surface area contributed by atoms with Gasteiger partial charge >= 0.3 is 0 Å². The molecule has 0 aliphatic rings. The lowest BCUT2D eigenvalue weighted by Gasteiger charge is -2.40. The molecule has 0 amide bonds. The Morgan fingerprint density at radius 2 is 1.59 bits per heavy atom. The molecule has 0 saturated heterocycles. The molecule has 2 nitrogen and oxygen atoms in total. The minimum atomic E-state index is 0.183. The Hall–Kier alpha value is -0.0800. The second kappa shape index (κ2) is 8.10. The fourth-order valence-electron chi connectivity index (χ4n) is 2.67. The van der Waals surface area contributed by atoms with Crippen LogP contribution < -0.4 is 5.32 Å². The van der Waals surface area contributed by atoms with Gasteiger partial charge in [0.05, 0.1) is 6.10 Å². The number of methoxy groups -OCH3 is 1. The van der Waals surface area contributed by atoms with Crippen LogP contribution in [0.5, 0.6) is 0 Å². The van der Waals surface area contributed by atoms with Crippen LogP contribution in [0.3, 0.4) is 0 Å². The van der Waals surface area contributed by atoms with Crippen molar-refractivity contribution in [2.45, 2.75) is 73.0 Å². The monoisotopic (exact) mass is 243 g/mol. The molecule has 17 heavy (non-hydrogen) atoms. The SMILES string of the molecule is CCCNC(C(CC)CC)C(OC)C(C)(C)C. The highest BCUT2D eigenvalue weighted by molar-refractivity contribution is 4.89. The van der Waals surface area contributed by atoms with Crippen molar-refractivity contribution in [3.63, 3.8) is 0 Å². The third-order valence-corrected chi connectivity index (χ3v) is 3.62. The third-order valence-electron chi connectivity index (χ3n) is 3.62. The van der Waals surface area contributed by atoms with Gasteiger partial charge in [0.1, 0.15) is 0 Å². The van der Waals surface area contributed by atoms with Gasteiger partial charge in [-0.05, 0) is 24.3 Å². The van der Waals surface area contributed by atoms with Crippen molar-refractivity contribution in [1.82, 2.24) is 5.32 Å². The molecule has 0 radical (unpaired) electrons.